The van der Waals surface area contributed by atoms with Crippen molar-refractivity contribution in [3.05, 3.63) is 65.4 Å². The fraction of sp³-hybridized carbons (Fsp3) is 0.360. The van der Waals surface area contributed by atoms with Gasteiger partial charge in [-0.2, -0.15) is 0 Å². The van der Waals surface area contributed by atoms with Crippen LogP contribution in [0, 0.1) is 6.92 Å². The first-order valence-electron chi connectivity index (χ1n) is 10.7. The predicted molar refractivity (Wildman–Crippen MR) is 122 cm³/mol. The number of para-hydroxylation sites is 1. The van der Waals surface area contributed by atoms with E-state index < -0.39 is 0 Å². The number of benzene rings is 2. The topological polar surface area (TPSA) is 54.5 Å². The Morgan fingerprint density at radius 3 is 2.50 bits per heavy atom. The third kappa shape index (κ3) is 3.97. The van der Waals surface area contributed by atoms with Gasteiger partial charge >= 0.3 is 0 Å². The van der Waals surface area contributed by atoms with Gasteiger partial charge in [-0.3, -0.25) is 9.78 Å². The molecule has 0 spiro atoms. The van der Waals surface area contributed by atoms with E-state index in [0.717, 1.165) is 65.8 Å². The van der Waals surface area contributed by atoms with Crippen LogP contribution in [-0.2, 0) is 6.42 Å². The van der Waals surface area contributed by atoms with Gasteiger partial charge in [0.05, 0.1) is 18.2 Å². The van der Waals surface area contributed by atoms with Gasteiger partial charge in [0, 0.05) is 35.9 Å². The summed E-state index contributed by atoms with van der Waals surface area (Å²) in [5.41, 5.74) is 4.84. The number of amides is 1. The van der Waals surface area contributed by atoms with Crippen LogP contribution in [0.2, 0.25) is 0 Å². The average molecular weight is 404 g/mol. The van der Waals surface area contributed by atoms with Crippen LogP contribution >= 0.6 is 0 Å². The van der Waals surface area contributed by atoms with Crippen molar-refractivity contribution >= 4 is 22.5 Å². The highest BCUT2D eigenvalue weighted by Crippen LogP contribution is 2.25. The molecule has 156 valence electrons. The zero-order valence-electron chi connectivity index (χ0n) is 17.9. The number of methoxy groups -OCH3 is 1. The van der Waals surface area contributed by atoms with Crippen LogP contribution in [0.25, 0.3) is 10.9 Å². The fourth-order valence-corrected chi connectivity index (χ4v) is 4.33. The lowest BCUT2D eigenvalue weighted by Crippen LogP contribution is -2.45. The van der Waals surface area contributed by atoms with E-state index in [4.69, 9.17) is 9.72 Å². The van der Waals surface area contributed by atoms with Gasteiger partial charge < -0.3 is 15.0 Å². The van der Waals surface area contributed by atoms with Crippen molar-refractivity contribution in [2.75, 3.05) is 25.1 Å². The molecule has 2 aromatic carbocycles. The Hall–Kier alpha value is -3.08. The van der Waals surface area contributed by atoms with E-state index in [2.05, 4.69) is 29.3 Å². The number of rotatable bonds is 5. The van der Waals surface area contributed by atoms with Gasteiger partial charge in [-0.05, 0) is 62.1 Å². The molecule has 0 saturated carbocycles. The number of carbonyl (C=O) groups excluding carboxylic acids is 1. The summed E-state index contributed by atoms with van der Waals surface area (Å²) >= 11 is 0. The molecule has 1 aliphatic heterocycles. The van der Waals surface area contributed by atoms with Gasteiger partial charge in [-0.15, -0.1) is 0 Å². The molecule has 0 aliphatic carbocycles. The van der Waals surface area contributed by atoms with Crippen molar-refractivity contribution in [3.63, 3.8) is 0 Å². The maximum absolute atomic E-state index is 13.3. The van der Waals surface area contributed by atoms with Crippen LogP contribution < -0.4 is 15.0 Å². The Morgan fingerprint density at radius 1 is 1.13 bits per heavy atom. The third-order valence-corrected chi connectivity index (χ3v) is 6.07. The quantitative estimate of drug-likeness (QED) is 0.681. The van der Waals surface area contributed by atoms with Gasteiger partial charge in [0.15, 0.2) is 0 Å². The molecule has 30 heavy (non-hydrogen) atoms. The molecular formula is C25H29N3O2. The highest BCUT2D eigenvalue weighted by molar-refractivity contribution is 6.07. The number of nitrogens with zero attached hydrogens (tertiary/aromatic N) is 2. The van der Waals surface area contributed by atoms with E-state index >= 15 is 0 Å². The predicted octanol–water partition coefficient (Wildman–Crippen LogP) is 4.51. The number of ether oxygens (including phenoxy) is 1. The second-order valence-corrected chi connectivity index (χ2v) is 7.86. The number of hydrogen-bond acceptors (Lipinski definition) is 4. The summed E-state index contributed by atoms with van der Waals surface area (Å²) in [4.78, 5) is 20.4. The van der Waals surface area contributed by atoms with Crippen LogP contribution in [0.1, 0.15) is 41.4 Å². The Labute approximate surface area is 178 Å². The van der Waals surface area contributed by atoms with E-state index in [1.165, 1.54) is 5.69 Å². The smallest absolute Gasteiger partial charge is 0.252 e. The summed E-state index contributed by atoms with van der Waals surface area (Å²) in [5.74, 6) is 0.885. The molecule has 1 aromatic heterocycles. The average Bonchev–Trinajstić information content (AvgIpc) is 2.79. The van der Waals surface area contributed by atoms with E-state index in [0.29, 0.717) is 0 Å². The van der Waals surface area contributed by atoms with Crippen molar-refractivity contribution in [1.82, 2.24) is 10.3 Å². The van der Waals surface area contributed by atoms with Crippen LogP contribution in [0.15, 0.2) is 48.5 Å². The molecule has 1 saturated heterocycles. The largest absolute Gasteiger partial charge is 0.497 e. The third-order valence-electron chi connectivity index (χ3n) is 6.07. The van der Waals surface area contributed by atoms with E-state index in [1.54, 1.807) is 7.11 Å². The lowest BCUT2D eigenvalue weighted by Gasteiger charge is -2.34. The summed E-state index contributed by atoms with van der Waals surface area (Å²) in [6, 6.07) is 16.3. The molecule has 1 fully saturated rings. The molecule has 1 amide bonds. The van der Waals surface area contributed by atoms with Crippen molar-refractivity contribution in [3.8, 4) is 5.75 Å². The minimum Gasteiger partial charge on any atom is -0.497 e. The molecule has 0 radical (unpaired) electrons. The number of aromatic nitrogens is 1. The molecule has 0 unspecified atom stereocenters. The summed E-state index contributed by atoms with van der Waals surface area (Å²) in [5, 5.41) is 4.23. The van der Waals surface area contributed by atoms with Crippen molar-refractivity contribution in [1.29, 1.82) is 0 Å². The minimum absolute atomic E-state index is 0.0173. The molecule has 0 atom stereocenters. The van der Waals surface area contributed by atoms with Crippen LogP contribution in [0.5, 0.6) is 5.75 Å². The summed E-state index contributed by atoms with van der Waals surface area (Å²) in [6.07, 6.45) is 2.68. The highest BCUT2D eigenvalue weighted by atomic mass is 16.5. The van der Waals surface area contributed by atoms with Gasteiger partial charge in [-0.25, -0.2) is 0 Å². The summed E-state index contributed by atoms with van der Waals surface area (Å²) in [7, 11) is 1.68. The normalized spacial score (nSPS) is 14.7. The Morgan fingerprint density at radius 2 is 1.83 bits per heavy atom. The van der Waals surface area contributed by atoms with Gasteiger partial charge in [0.1, 0.15) is 5.75 Å². The van der Waals surface area contributed by atoms with Gasteiger partial charge in [0.25, 0.3) is 5.91 Å². The molecule has 2 heterocycles. The number of pyridine rings is 1. The van der Waals surface area contributed by atoms with Crippen LogP contribution in [-0.4, -0.2) is 37.1 Å². The second kappa shape index (κ2) is 8.74. The van der Waals surface area contributed by atoms with Crippen LogP contribution in [0.3, 0.4) is 0 Å². The Bertz CT molecular complexity index is 1040. The minimum atomic E-state index is 0.0173. The highest BCUT2D eigenvalue weighted by Gasteiger charge is 2.24. The number of nitrogens with one attached hydrogen (secondary N) is 1. The molecule has 5 nitrogen and oxygen atoms in total. The van der Waals surface area contributed by atoms with E-state index in [-0.39, 0.29) is 11.9 Å². The first-order valence-corrected chi connectivity index (χ1v) is 10.7. The van der Waals surface area contributed by atoms with E-state index in [1.807, 2.05) is 43.3 Å². The standard InChI is InChI=1S/C25H29N3O2/c1-4-22-17(2)24(21-7-5-6-8-23(21)27-22)25(29)26-18-13-15-28(16-14-18)19-9-11-20(30-3)12-10-19/h5-12,18H,4,13-16H2,1-3H3,(H,26,29). The second-order valence-electron chi connectivity index (χ2n) is 7.86. The zero-order chi connectivity index (χ0) is 21.1. The van der Waals surface area contributed by atoms with Crippen molar-refractivity contribution in [2.24, 2.45) is 0 Å². The van der Waals surface area contributed by atoms with Crippen molar-refractivity contribution in [2.45, 2.75) is 39.2 Å². The van der Waals surface area contributed by atoms with E-state index in [9.17, 15) is 4.79 Å². The molecular weight excluding hydrogens is 374 g/mol. The summed E-state index contributed by atoms with van der Waals surface area (Å²) in [6.45, 7) is 5.95. The van der Waals surface area contributed by atoms with Gasteiger partial charge in [0.2, 0.25) is 0 Å². The first kappa shape index (κ1) is 20.2. The Balaban J connectivity index is 1.47. The molecule has 1 aliphatic rings. The molecule has 0 bridgehead atoms. The van der Waals surface area contributed by atoms with Gasteiger partial charge in [-0.1, -0.05) is 25.1 Å². The van der Waals surface area contributed by atoms with Crippen LogP contribution in [0.4, 0.5) is 5.69 Å². The molecule has 3 aromatic rings. The van der Waals surface area contributed by atoms with Crippen molar-refractivity contribution < 1.29 is 9.53 Å². The lowest BCUT2D eigenvalue weighted by atomic mass is 9.98. The number of carbonyl (C=O) groups is 1. The SMILES string of the molecule is CCc1nc2ccccc2c(C(=O)NC2CCN(c3ccc(OC)cc3)CC2)c1C. The zero-order valence-corrected chi connectivity index (χ0v) is 17.9. The Kier molecular flexibility index (Phi) is 5.88. The maximum atomic E-state index is 13.3. The number of anilines is 1. The number of fused-ring (bicyclic) bond motifs is 1. The lowest BCUT2D eigenvalue weighted by molar-refractivity contribution is 0.0932. The maximum Gasteiger partial charge on any atom is 0.252 e. The monoisotopic (exact) mass is 403 g/mol. The summed E-state index contributed by atoms with van der Waals surface area (Å²) < 4.78 is 5.25. The fourth-order valence-electron chi connectivity index (χ4n) is 4.33. The molecule has 5 heteroatoms. The number of piperidine rings is 1. The number of hydrogen-bond donors (Lipinski definition) is 1. The molecule has 1 N–H and O–H groups in total. The number of aryl methyl sites for hydroxylation is 1. The first-order chi connectivity index (χ1) is 14.6. The molecule has 4 rings (SSSR count).